The summed E-state index contributed by atoms with van der Waals surface area (Å²) >= 11 is 0. The summed E-state index contributed by atoms with van der Waals surface area (Å²) in [6.45, 7) is -0.618. The van der Waals surface area contributed by atoms with Crippen LogP contribution in [0.15, 0.2) is 48.5 Å². The first-order chi connectivity index (χ1) is 11.8. The van der Waals surface area contributed by atoms with Crippen molar-refractivity contribution in [1.29, 1.82) is 0 Å². The Morgan fingerprint density at radius 1 is 1.16 bits per heavy atom. The summed E-state index contributed by atoms with van der Waals surface area (Å²) in [4.78, 5) is 21.9. The molecule has 9 heteroatoms. The van der Waals surface area contributed by atoms with Gasteiger partial charge in [-0.25, -0.2) is 0 Å². The van der Waals surface area contributed by atoms with Gasteiger partial charge in [0.1, 0.15) is 0 Å². The summed E-state index contributed by atoms with van der Waals surface area (Å²) < 4.78 is 42.9. The highest BCUT2D eigenvalue weighted by Crippen LogP contribution is 2.29. The maximum Gasteiger partial charge on any atom is 0.416 e. The number of ether oxygens (including phenoxy) is 1. The molecule has 0 aliphatic carbocycles. The quantitative estimate of drug-likeness (QED) is 0.637. The molecule has 0 unspecified atom stereocenters. The lowest BCUT2D eigenvalue weighted by atomic mass is 10.1. The maximum atomic E-state index is 12.6. The molecule has 0 aliphatic heterocycles. The van der Waals surface area contributed by atoms with Gasteiger partial charge in [-0.15, -0.1) is 0 Å². The zero-order valence-corrected chi connectivity index (χ0v) is 12.7. The van der Waals surface area contributed by atoms with Crippen molar-refractivity contribution in [2.24, 2.45) is 0 Å². The highest BCUT2D eigenvalue weighted by Gasteiger charge is 2.30. The second-order valence-electron chi connectivity index (χ2n) is 4.99. The third-order valence-corrected chi connectivity index (χ3v) is 3.16. The summed E-state index contributed by atoms with van der Waals surface area (Å²) in [6, 6.07) is 10.1. The van der Waals surface area contributed by atoms with Crippen LogP contribution in [0.1, 0.15) is 11.1 Å². The number of halogens is 3. The molecule has 1 N–H and O–H groups in total. The number of carbonyl (C=O) groups is 1. The van der Waals surface area contributed by atoms with E-state index in [4.69, 9.17) is 4.74 Å². The zero-order valence-electron chi connectivity index (χ0n) is 12.7. The van der Waals surface area contributed by atoms with Gasteiger partial charge in [0.05, 0.1) is 10.5 Å². The molecule has 132 valence electrons. The number of nitro groups is 1. The molecule has 0 spiro atoms. The van der Waals surface area contributed by atoms with Crippen LogP contribution >= 0.6 is 0 Å². The Labute approximate surface area is 140 Å². The van der Waals surface area contributed by atoms with Gasteiger partial charge >= 0.3 is 11.9 Å². The minimum absolute atomic E-state index is 0.0679. The van der Waals surface area contributed by atoms with Crippen LogP contribution in [-0.4, -0.2) is 17.4 Å². The van der Waals surface area contributed by atoms with Crippen molar-refractivity contribution >= 4 is 11.6 Å². The normalized spacial score (nSPS) is 11.0. The number of alkyl halides is 3. The maximum absolute atomic E-state index is 12.6. The molecular weight excluding hydrogens is 341 g/mol. The molecule has 1 amide bonds. The molecule has 0 aromatic heterocycles. The summed E-state index contributed by atoms with van der Waals surface area (Å²) in [5.74, 6) is -0.683. The van der Waals surface area contributed by atoms with Crippen molar-refractivity contribution in [3.05, 3.63) is 69.8 Å². The summed E-state index contributed by atoms with van der Waals surface area (Å²) in [5, 5.41) is 13.2. The second kappa shape index (κ2) is 7.65. The van der Waals surface area contributed by atoms with Gasteiger partial charge in [0.2, 0.25) is 0 Å². The van der Waals surface area contributed by atoms with Crippen LogP contribution in [0.2, 0.25) is 0 Å². The van der Waals surface area contributed by atoms with E-state index in [1.165, 1.54) is 36.4 Å². The Bertz CT molecular complexity index is 778. The minimum atomic E-state index is -4.46. The predicted octanol–water partition coefficient (Wildman–Crippen LogP) is 3.31. The average Bonchev–Trinajstić information content (AvgIpc) is 2.58. The summed E-state index contributed by atoms with van der Waals surface area (Å²) in [7, 11) is 0. The van der Waals surface area contributed by atoms with Crippen molar-refractivity contribution in [2.45, 2.75) is 12.7 Å². The van der Waals surface area contributed by atoms with Crippen LogP contribution < -0.4 is 10.1 Å². The lowest BCUT2D eigenvalue weighted by molar-refractivity contribution is -0.385. The number of para-hydroxylation sites is 2. The fourth-order valence-corrected chi connectivity index (χ4v) is 1.98. The summed E-state index contributed by atoms with van der Waals surface area (Å²) in [5.41, 5.74) is -0.822. The first kappa shape index (κ1) is 18.2. The largest absolute Gasteiger partial charge is 0.477 e. The average molecular weight is 354 g/mol. The molecule has 2 rings (SSSR count). The number of hydrogen-bond donors (Lipinski definition) is 1. The molecule has 0 radical (unpaired) electrons. The fourth-order valence-electron chi connectivity index (χ4n) is 1.98. The first-order valence-corrected chi connectivity index (χ1v) is 7.06. The number of nitrogens with zero attached hydrogens (tertiary/aromatic N) is 1. The van der Waals surface area contributed by atoms with Crippen LogP contribution in [0, 0.1) is 10.1 Å². The molecule has 2 aromatic carbocycles. The zero-order chi connectivity index (χ0) is 18.4. The third kappa shape index (κ3) is 5.20. The lowest BCUT2D eigenvalue weighted by Gasteiger charge is -2.10. The molecule has 0 aliphatic rings. The topological polar surface area (TPSA) is 81.5 Å². The molecule has 0 heterocycles. The van der Waals surface area contributed by atoms with Crippen molar-refractivity contribution < 1.29 is 27.6 Å². The van der Waals surface area contributed by atoms with Crippen LogP contribution in [0.4, 0.5) is 18.9 Å². The number of nitro benzene ring substituents is 1. The molecule has 6 nitrogen and oxygen atoms in total. The van der Waals surface area contributed by atoms with Crippen molar-refractivity contribution in [3.63, 3.8) is 0 Å². The van der Waals surface area contributed by atoms with Crippen molar-refractivity contribution in [1.82, 2.24) is 5.32 Å². The first-order valence-electron chi connectivity index (χ1n) is 7.06. The monoisotopic (exact) mass is 354 g/mol. The van der Waals surface area contributed by atoms with E-state index in [1.54, 1.807) is 0 Å². The number of nitrogens with one attached hydrogen (secondary N) is 1. The number of carbonyl (C=O) groups excluding carboxylic acids is 1. The van der Waals surface area contributed by atoms with Gasteiger partial charge in [-0.3, -0.25) is 14.9 Å². The Balaban J connectivity index is 1.91. The minimum Gasteiger partial charge on any atom is -0.477 e. The van der Waals surface area contributed by atoms with Crippen LogP contribution in [0.25, 0.3) is 0 Å². The smallest absolute Gasteiger partial charge is 0.416 e. The Morgan fingerprint density at radius 3 is 2.56 bits per heavy atom. The lowest BCUT2D eigenvalue weighted by Crippen LogP contribution is -2.28. The molecule has 0 atom stereocenters. The number of amides is 1. The van der Waals surface area contributed by atoms with Crippen molar-refractivity contribution in [2.75, 3.05) is 6.61 Å². The van der Waals surface area contributed by atoms with Gasteiger partial charge in [-0.05, 0) is 23.8 Å². The molecule has 0 fully saturated rings. The van der Waals surface area contributed by atoms with Crippen LogP contribution in [0.5, 0.6) is 5.75 Å². The molecule has 0 bridgehead atoms. The van der Waals surface area contributed by atoms with E-state index < -0.39 is 29.2 Å². The molecule has 2 aromatic rings. The van der Waals surface area contributed by atoms with Gasteiger partial charge in [0.25, 0.3) is 5.91 Å². The van der Waals surface area contributed by atoms with Crippen LogP contribution in [0.3, 0.4) is 0 Å². The van der Waals surface area contributed by atoms with Gasteiger partial charge in [-0.1, -0.05) is 24.3 Å². The predicted molar refractivity (Wildman–Crippen MR) is 81.9 cm³/mol. The van der Waals surface area contributed by atoms with Gasteiger partial charge in [0.15, 0.2) is 12.4 Å². The fraction of sp³-hybridized carbons (Fsp3) is 0.188. The van der Waals surface area contributed by atoms with E-state index in [0.717, 1.165) is 12.1 Å². The standard InChI is InChI=1S/C16H13F3N2O4/c17-16(18,19)12-5-3-4-11(8-12)9-20-15(22)10-25-14-7-2-1-6-13(14)21(23)24/h1-8H,9-10H2,(H,20,22). The molecule has 25 heavy (non-hydrogen) atoms. The van der Waals surface area contributed by atoms with Crippen molar-refractivity contribution in [3.8, 4) is 5.75 Å². The van der Waals surface area contributed by atoms with E-state index in [-0.39, 0.29) is 23.5 Å². The SMILES string of the molecule is O=C(COc1ccccc1[N+](=O)[O-])NCc1cccc(C(F)(F)F)c1. The van der Waals surface area contributed by atoms with Crippen LogP contribution in [-0.2, 0) is 17.5 Å². The Hall–Kier alpha value is -3.10. The number of hydrogen-bond acceptors (Lipinski definition) is 4. The Kier molecular flexibility index (Phi) is 5.58. The molecular formula is C16H13F3N2O4. The van der Waals surface area contributed by atoms with E-state index in [2.05, 4.69) is 5.32 Å². The Morgan fingerprint density at radius 2 is 1.88 bits per heavy atom. The van der Waals surface area contributed by atoms with E-state index in [9.17, 15) is 28.1 Å². The molecule has 0 saturated carbocycles. The van der Waals surface area contributed by atoms with E-state index >= 15 is 0 Å². The van der Waals surface area contributed by atoms with E-state index in [0.29, 0.717) is 0 Å². The van der Waals surface area contributed by atoms with Gasteiger partial charge < -0.3 is 10.1 Å². The van der Waals surface area contributed by atoms with Gasteiger partial charge in [0, 0.05) is 12.6 Å². The highest BCUT2D eigenvalue weighted by atomic mass is 19.4. The number of benzene rings is 2. The van der Waals surface area contributed by atoms with Gasteiger partial charge in [-0.2, -0.15) is 13.2 Å². The van der Waals surface area contributed by atoms with E-state index in [1.807, 2.05) is 0 Å². The molecule has 0 saturated heterocycles. The number of rotatable bonds is 6. The highest BCUT2D eigenvalue weighted by molar-refractivity contribution is 5.77. The third-order valence-electron chi connectivity index (χ3n) is 3.16. The summed E-state index contributed by atoms with van der Waals surface area (Å²) in [6.07, 6.45) is -4.46. The second-order valence-corrected chi connectivity index (χ2v) is 4.99.